The van der Waals surface area contributed by atoms with Crippen molar-refractivity contribution in [1.29, 1.82) is 0 Å². The second-order valence-electron chi connectivity index (χ2n) is 22.6. The first kappa shape index (κ1) is 47.8. The van der Waals surface area contributed by atoms with Crippen LogP contribution in [0.4, 0.5) is 17.1 Å². The fourth-order valence-corrected chi connectivity index (χ4v) is 13.8. The van der Waals surface area contributed by atoms with Crippen LogP contribution >= 0.6 is 0 Å². The van der Waals surface area contributed by atoms with Gasteiger partial charge in [0.1, 0.15) is 5.69 Å². The average molecular weight is 1070 g/mol. The van der Waals surface area contributed by atoms with Gasteiger partial charge in [0, 0.05) is 61.5 Å². The van der Waals surface area contributed by atoms with Gasteiger partial charge in [-0.3, -0.25) is 9.55 Å². The number of anilines is 3. The van der Waals surface area contributed by atoms with Crippen molar-refractivity contribution in [3.8, 4) is 56.8 Å². The van der Waals surface area contributed by atoms with Crippen LogP contribution in [0.5, 0.6) is 0 Å². The maximum atomic E-state index is 5.54. The molecule has 0 saturated heterocycles. The molecule has 4 heterocycles. The minimum atomic E-state index is -0.461. The van der Waals surface area contributed by atoms with Gasteiger partial charge in [-0.25, -0.2) is 4.98 Å². The van der Waals surface area contributed by atoms with E-state index in [1.165, 1.54) is 70.9 Å². The second kappa shape index (κ2) is 18.5. The molecule has 7 heteroatoms. The zero-order valence-corrected chi connectivity index (χ0v) is 46.1. The molecule has 0 bridgehead atoms. The van der Waals surface area contributed by atoms with Crippen LogP contribution in [0.3, 0.4) is 0 Å². The molecule has 0 unspecified atom stereocenters. The van der Waals surface area contributed by atoms with Crippen molar-refractivity contribution in [3.05, 3.63) is 284 Å². The lowest BCUT2D eigenvalue weighted by Crippen LogP contribution is -2.17. The summed E-state index contributed by atoms with van der Waals surface area (Å²) < 4.78 is 4.69. The molecule has 7 nitrogen and oxygen atoms in total. The van der Waals surface area contributed by atoms with Crippen LogP contribution in [0.2, 0.25) is 0 Å². The third-order valence-electron chi connectivity index (χ3n) is 17.6. The topological polar surface area (TPSA) is 64.7 Å². The summed E-state index contributed by atoms with van der Waals surface area (Å²) in [4.78, 5) is 23.5. The van der Waals surface area contributed by atoms with E-state index in [9.17, 15) is 0 Å². The van der Waals surface area contributed by atoms with E-state index in [2.05, 4.69) is 271 Å². The van der Waals surface area contributed by atoms with Crippen molar-refractivity contribution >= 4 is 93.0 Å². The van der Waals surface area contributed by atoms with E-state index < -0.39 is 5.41 Å². The van der Waals surface area contributed by atoms with E-state index >= 15 is 0 Å². The summed E-state index contributed by atoms with van der Waals surface area (Å²) in [6.07, 6.45) is 1.80. The second-order valence-corrected chi connectivity index (χ2v) is 22.6. The maximum Gasteiger partial charge on any atom is 0.238 e. The molecule has 16 aromatic rings. The molecule has 84 heavy (non-hydrogen) atoms. The van der Waals surface area contributed by atoms with Crippen molar-refractivity contribution in [2.75, 3.05) is 4.90 Å². The number of hydrogen-bond acceptors (Lipinski definition) is 5. The summed E-state index contributed by atoms with van der Waals surface area (Å²) in [5.74, 6) is 1.57. The summed E-state index contributed by atoms with van der Waals surface area (Å²) in [5.41, 5.74) is 16.9. The number of nitrogens with zero attached hydrogens (tertiary/aromatic N) is 7. The van der Waals surface area contributed by atoms with Gasteiger partial charge < -0.3 is 9.47 Å². The molecule has 0 saturated carbocycles. The van der Waals surface area contributed by atoms with Gasteiger partial charge in [-0.2, -0.15) is 9.97 Å². The summed E-state index contributed by atoms with van der Waals surface area (Å²) in [5, 5.41) is 12.1. The fourth-order valence-electron chi connectivity index (χ4n) is 13.8. The van der Waals surface area contributed by atoms with E-state index in [0.29, 0.717) is 23.3 Å². The van der Waals surface area contributed by atoms with Gasteiger partial charge in [0.2, 0.25) is 5.95 Å². The Balaban J connectivity index is 0.933. The Morgan fingerprint density at radius 3 is 1.56 bits per heavy atom. The van der Waals surface area contributed by atoms with E-state index in [1.54, 1.807) is 6.20 Å². The van der Waals surface area contributed by atoms with Gasteiger partial charge in [-0.1, -0.05) is 190 Å². The van der Waals surface area contributed by atoms with Gasteiger partial charge >= 0.3 is 0 Å². The van der Waals surface area contributed by atoms with Crippen LogP contribution in [0.25, 0.3) is 133 Å². The fraction of sp³-hybridized carbons (Fsp3) is 0.0390. The van der Waals surface area contributed by atoms with Crippen molar-refractivity contribution in [1.82, 2.24) is 29.1 Å². The predicted molar refractivity (Wildman–Crippen MR) is 347 cm³/mol. The number of para-hydroxylation sites is 3. The Morgan fingerprint density at radius 1 is 0.345 bits per heavy atom. The highest BCUT2D eigenvalue weighted by molar-refractivity contribution is 6.26. The number of aromatic nitrogens is 6. The number of rotatable bonds is 8. The van der Waals surface area contributed by atoms with E-state index in [-0.39, 0.29) is 0 Å². The van der Waals surface area contributed by atoms with Crippen LogP contribution in [0.15, 0.2) is 273 Å². The standard InChI is InChI=1S/C77H51N7/c1-77(2)67-47-63-58-29-15-13-27-56(58)55-26-12-14-28-57(55)62(63)46-64(67)60-39-40-61-66-45-54(82(51-22-8-4-9-23-51)53-37-41-70-65(44-53)59-30-16-17-32-69(59)83(70)52-24-10-5-11-25-52)38-42-71(66)84(73(61)72(60)77)76-80-74(79-75(81-76)68-31-18-19-43-78-68)50-35-33-49(34-36-50)48-20-6-3-7-21-48/h3-47H,1-2H3. The molecule has 0 amide bonds. The molecule has 12 aromatic carbocycles. The maximum absolute atomic E-state index is 5.54. The minimum absolute atomic E-state index is 0.461. The zero-order valence-electron chi connectivity index (χ0n) is 46.1. The van der Waals surface area contributed by atoms with Crippen molar-refractivity contribution < 1.29 is 0 Å². The van der Waals surface area contributed by atoms with Crippen molar-refractivity contribution in [2.24, 2.45) is 0 Å². The van der Waals surface area contributed by atoms with Gasteiger partial charge in [-0.15, -0.1) is 0 Å². The number of pyridine rings is 1. The quantitative estimate of drug-likeness (QED) is 0.142. The highest BCUT2D eigenvalue weighted by Crippen LogP contribution is 2.55. The average Bonchev–Trinajstić information content (AvgIpc) is 1.97. The Kier molecular flexibility index (Phi) is 10.5. The number of fused-ring (bicyclic) bond motifs is 16. The van der Waals surface area contributed by atoms with E-state index in [4.69, 9.17) is 19.9 Å². The molecular formula is C77H51N7. The molecule has 394 valence electrons. The molecule has 4 aromatic heterocycles. The van der Waals surface area contributed by atoms with Crippen LogP contribution in [-0.2, 0) is 5.41 Å². The Bertz CT molecular complexity index is 5320. The molecule has 0 aliphatic heterocycles. The Morgan fingerprint density at radius 2 is 0.881 bits per heavy atom. The number of benzene rings is 12. The van der Waals surface area contributed by atoms with Gasteiger partial charge in [0.05, 0.1) is 22.1 Å². The molecule has 0 atom stereocenters. The summed E-state index contributed by atoms with van der Waals surface area (Å²) >= 11 is 0. The lowest BCUT2D eigenvalue weighted by molar-refractivity contribution is 0.664. The summed E-state index contributed by atoms with van der Waals surface area (Å²) in [7, 11) is 0. The van der Waals surface area contributed by atoms with Crippen molar-refractivity contribution in [2.45, 2.75) is 19.3 Å². The first-order chi connectivity index (χ1) is 41.4. The summed E-state index contributed by atoms with van der Waals surface area (Å²) in [6, 6.07) is 96.2. The third kappa shape index (κ3) is 7.25. The monoisotopic (exact) mass is 1070 g/mol. The van der Waals surface area contributed by atoms with Gasteiger partial charge in [-0.05, 0) is 157 Å². The summed E-state index contributed by atoms with van der Waals surface area (Å²) in [6.45, 7) is 4.79. The van der Waals surface area contributed by atoms with Crippen LogP contribution in [0, 0.1) is 0 Å². The van der Waals surface area contributed by atoms with E-state index in [1.807, 2.05) is 24.3 Å². The minimum Gasteiger partial charge on any atom is -0.310 e. The smallest absolute Gasteiger partial charge is 0.238 e. The molecule has 1 aliphatic rings. The normalized spacial score (nSPS) is 12.7. The molecular weight excluding hydrogens is 1020 g/mol. The van der Waals surface area contributed by atoms with Crippen LogP contribution in [0.1, 0.15) is 25.0 Å². The molecule has 0 fully saturated rings. The highest BCUT2D eigenvalue weighted by atomic mass is 15.2. The van der Waals surface area contributed by atoms with Crippen molar-refractivity contribution in [3.63, 3.8) is 0 Å². The Labute approximate surface area is 484 Å². The highest BCUT2D eigenvalue weighted by Gasteiger charge is 2.40. The number of hydrogen-bond donors (Lipinski definition) is 0. The largest absolute Gasteiger partial charge is 0.310 e. The molecule has 0 radical (unpaired) electrons. The van der Waals surface area contributed by atoms with Crippen LogP contribution < -0.4 is 4.90 Å². The SMILES string of the molecule is CC1(C)c2cc3c4ccccc4c4ccccc4c3cc2-c2ccc3c4cc(N(c5ccccc5)c5ccc6c(c5)c5ccccc5n6-c5ccccc5)ccc4n(-c4nc(-c5ccc(-c6ccccc6)cc5)nc(-c5ccccn5)n4)c3c21. The molecule has 1 aliphatic carbocycles. The molecule has 17 rings (SSSR count). The molecule has 0 N–H and O–H groups in total. The first-order valence-corrected chi connectivity index (χ1v) is 28.7. The third-order valence-corrected chi connectivity index (χ3v) is 17.6. The molecule has 0 spiro atoms. The van der Waals surface area contributed by atoms with Gasteiger partial charge in [0.15, 0.2) is 11.6 Å². The van der Waals surface area contributed by atoms with Gasteiger partial charge in [0.25, 0.3) is 0 Å². The lowest BCUT2D eigenvalue weighted by atomic mass is 9.80. The van der Waals surface area contributed by atoms with Crippen LogP contribution in [-0.4, -0.2) is 29.1 Å². The Hall–Kier alpha value is -11.0. The predicted octanol–water partition coefficient (Wildman–Crippen LogP) is 19.7. The lowest BCUT2D eigenvalue weighted by Gasteiger charge is -2.26. The van der Waals surface area contributed by atoms with E-state index in [0.717, 1.165) is 66.8 Å². The first-order valence-electron chi connectivity index (χ1n) is 28.7. The zero-order chi connectivity index (χ0) is 55.6.